The largest absolute Gasteiger partial charge is 0.438 e. The van der Waals surface area contributed by atoms with Crippen LogP contribution in [0.4, 0.5) is 0 Å². The summed E-state index contributed by atoms with van der Waals surface area (Å²) in [6.07, 6.45) is 6.64. The van der Waals surface area contributed by atoms with Crippen LogP contribution in [0, 0.1) is 11.3 Å². The molecular formula is C18H16N2O. The van der Waals surface area contributed by atoms with E-state index in [0.717, 1.165) is 43.5 Å². The number of benzene rings is 1. The van der Waals surface area contributed by atoms with Crippen LogP contribution in [-0.2, 0) is 25.7 Å². The smallest absolute Gasteiger partial charge is 0.237 e. The molecule has 1 heterocycles. The molecule has 0 bridgehead atoms. The predicted octanol–water partition coefficient (Wildman–Crippen LogP) is 3.72. The summed E-state index contributed by atoms with van der Waals surface area (Å²) in [5.41, 5.74) is 5.62. The Kier molecular flexibility index (Phi) is 2.89. The third-order valence-corrected chi connectivity index (χ3v) is 4.42. The van der Waals surface area contributed by atoms with E-state index in [1.54, 1.807) is 0 Å². The lowest BCUT2D eigenvalue weighted by molar-refractivity contribution is 0.459. The highest BCUT2D eigenvalue weighted by Crippen LogP contribution is 2.31. The predicted molar refractivity (Wildman–Crippen MR) is 79.5 cm³/mol. The fourth-order valence-corrected chi connectivity index (χ4v) is 3.33. The van der Waals surface area contributed by atoms with E-state index in [2.05, 4.69) is 23.2 Å². The average molecular weight is 276 g/mol. The first-order chi connectivity index (χ1) is 10.3. The van der Waals surface area contributed by atoms with E-state index in [1.165, 1.54) is 23.1 Å². The van der Waals surface area contributed by atoms with E-state index in [-0.39, 0.29) is 0 Å². The van der Waals surface area contributed by atoms with Crippen LogP contribution in [0.25, 0.3) is 0 Å². The van der Waals surface area contributed by atoms with E-state index in [0.29, 0.717) is 11.4 Å². The van der Waals surface area contributed by atoms with Crippen molar-refractivity contribution in [2.24, 2.45) is 0 Å². The number of nitrogens with zero attached hydrogens (tertiary/aromatic N) is 2. The molecule has 0 atom stereocenters. The van der Waals surface area contributed by atoms with Crippen LogP contribution in [0.15, 0.2) is 24.3 Å². The highest BCUT2D eigenvalue weighted by atomic mass is 16.5. The van der Waals surface area contributed by atoms with Crippen molar-refractivity contribution in [2.45, 2.75) is 38.5 Å². The Morgan fingerprint density at radius 3 is 2.67 bits per heavy atom. The Bertz CT molecular complexity index is 759. The van der Waals surface area contributed by atoms with Gasteiger partial charge in [-0.2, -0.15) is 5.26 Å². The van der Waals surface area contributed by atoms with Crippen LogP contribution >= 0.6 is 0 Å². The standard InChI is InChI=1S/C18H16N2O/c19-11-15-9-14-5-2-6-17(14)20-18(15)21-16-8-7-12-3-1-4-13(12)10-16/h7-10H,1-6H2. The second-order valence-electron chi connectivity index (χ2n) is 5.80. The third kappa shape index (κ3) is 2.17. The van der Waals surface area contributed by atoms with Gasteiger partial charge in [0.1, 0.15) is 17.4 Å². The summed E-state index contributed by atoms with van der Waals surface area (Å²) in [5, 5.41) is 9.31. The van der Waals surface area contributed by atoms with E-state index in [1.807, 2.05) is 12.1 Å². The molecule has 3 nitrogen and oxygen atoms in total. The molecule has 3 heteroatoms. The summed E-state index contributed by atoms with van der Waals surface area (Å²) < 4.78 is 5.92. The van der Waals surface area contributed by atoms with Gasteiger partial charge in [0.05, 0.1) is 0 Å². The second-order valence-corrected chi connectivity index (χ2v) is 5.80. The maximum atomic E-state index is 9.31. The van der Waals surface area contributed by atoms with Crippen LogP contribution < -0.4 is 4.74 Å². The summed E-state index contributed by atoms with van der Waals surface area (Å²) in [4.78, 5) is 4.57. The third-order valence-electron chi connectivity index (χ3n) is 4.42. The first kappa shape index (κ1) is 12.4. The van der Waals surface area contributed by atoms with Crippen molar-refractivity contribution >= 4 is 0 Å². The van der Waals surface area contributed by atoms with Gasteiger partial charge >= 0.3 is 0 Å². The fraction of sp³-hybridized carbons (Fsp3) is 0.333. The molecule has 0 radical (unpaired) electrons. The molecule has 21 heavy (non-hydrogen) atoms. The van der Waals surface area contributed by atoms with Gasteiger partial charge in [-0.3, -0.25) is 0 Å². The minimum absolute atomic E-state index is 0.455. The first-order valence-corrected chi connectivity index (χ1v) is 7.56. The topological polar surface area (TPSA) is 45.9 Å². The van der Waals surface area contributed by atoms with Crippen molar-refractivity contribution in [1.29, 1.82) is 5.26 Å². The zero-order chi connectivity index (χ0) is 14.2. The number of pyridine rings is 1. The molecule has 0 amide bonds. The van der Waals surface area contributed by atoms with E-state index < -0.39 is 0 Å². The molecule has 4 rings (SSSR count). The van der Waals surface area contributed by atoms with Gasteiger partial charge in [0.2, 0.25) is 5.88 Å². The highest BCUT2D eigenvalue weighted by molar-refractivity contribution is 5.47. The summed E-state index contributed by atoms with van der Waals surface area (Å²) in [6, 6.07) is 10.4. The van der Waals surface area contributed by atoms with Crippen LogP contribution in [0.1, 0.15) is 40.8 Å². The molecule has 1 aromatic carbocycles. The lowest BCUT2D eigenvalue weighted by Gasteiger charge is -2.10. The van der Waals surface area contributed by atoms with Crippen LogP contribution in [-0.4, -0.2) is 4.98 Å². The molecule has 0 unspecified atom stereocenters. The van der Waals surface area contributed by atoms with E-state index in [4.69, 9.17) is 4.74 Å². The summed E-state index contributed by atoms with van der Waals surface area (Å²) >= 11 is 0. The highest BCUT2D eigenvalue weighted by Gasteiger charge is 2.18. The van der Waals surface area contributed by atoms with Gasteiger partial charge in [0, 0.05) is 5.69 Å². The summed E-state index contributed by atoms with van der Waals surface area (Å²) in [5.74, 6) is 1.24. The minimum Gasteiger partial charge on any atom is -0.438 e. The maximum absolute atomic E-state index is 9.31. The Morgan fingerprint density at radius 2 is 1.76 bits per heavy atom. The van der Waals surface area contributed by atoms with Gasteiger partial charge in [-0.05, 0) is 73.4 Å². The number of hydrogen-bond acceptors (Lipinski definition) is 3. The zero-order valence-corrected chi connectivity index (χ0v) is 11.9. The van der Waals surface area contributed by atoms with Gasteiger partial charge < -0.3 is 4.74 Å². The minimum atomic E-state index is 0.455. The monoisotopic (exact) mass is 276 g/mol. The molecule has 0 saturated heterocycles. The second kappa shape index (κ2) is 4.89. The van der Waals surface area contributed by atoms with Gasteiger partial charge in [-0.1, -0.05) is 6.07 Å². The number of fused-ring (bicyclic) bond motifs is 2. The van der Waals surface area contributed by atoms with E-state index >= 15 is 0 Å². The molecule has 0 N–H and O–H groups in total. The number of hydrogen-bond donors (Lipinski definition) is 0. The molecular weight excluding hydrogens is 260 g/mol. The van der Waals surface area contributed by atoms with Gasteiger partial charge in [-0.25, -0.2) is 4.98 Å². The van der Waals surface area contributed by atoms with Crippen molar-refractivity contribution in [2.75, 3.05) is 0 Å². The molecule has 2 aromatic rings. The van der Waals surface area contributed by atoms with Crippen LogP contribution in [0.3, 0.4) is 0 Å². The number of rotatable bonds is 2. The lowest BCUT2D eigenvalue weighted by Crippen LogP contribution is -1.97. The van der Waals surface area contributed by atoms with Gasteiger partial charge in [0.25, 0.3) is 0 Å². The Labute approximate surface area is 124 Å². The fourth-order valence-electron chi connectivity index (χ4n) is 3.33. The van der Waals surface area contributed by atoms with Gasteiger partial charge in [0.15, 0.2) is 0 Å². The number of aryl methyl sites for hydroxylation is 4. The van der Waals surface area contributed by atoms with Crippen molar-refractivity contribution in [3.63, 3.8) is 0 Å². The van der Waals surface area contributed by atoms with Crippen LogP contribution in [0.2, 0.25) is 0 Å². The van der Waals surface area contributed by atoms with Crippen molar-refractivity contribution in [3.05, 3.63) is 52.2 Å². The molecule has 0 saturated carbocycles. The molecule has 0 spiro atoms. The lowest BCUT2D eigenvalue weighted by atomic mass is 10.1. The van der Waals surface area contributed by atoms with Crippen molar-refractivity contribution in [3.8, 4) is 17.7 Å². The molecule has 2 aliphatic rings. The first-order valence-electron chi connectivity index (χ1n) is 7.56. The van der Waals surface area contributed by atoms with Crippen LogP contribution in [0.5, 0.6) is 11.6 Å². The quantitative estimate of drug-likeness (QED) is 0.839. The molecule has 104 valence electrons. The summed E-state index contributed by atoms with van der Waals surface area (Å²) in [7, 11) is 0. The van der Waals surface area contributed by atoms with Gasteiger partial charge in [-0.15, -0.1) is 0 Å². The SMILES string of the molecule is N#Cc1cc2c(nc1Oc1ccc3c(c1)CCC3)CCC2. The number of nitriles is 1. The Hall–Kier alpha value is -2.34. The maximum Gasteiger partial charge on any atom is 0.237 e. The Morgan fingerprint density at radius 1 is 0.952 bits per heavy atom. The molecule has 2 aliphatic carbocycles. The average Bonchev–Trinajstić information content (AvgIpc) is 3.13. The van der Waals surface area contributed by atoms with E-state index in [9.17, 15) is 5.26 Å². The zero-order valence-electron chi connectivity index (χ0n) is 11.9. The molecule has 0 fully saturated rings. The van der Waals surface area contributed by atoms with Crippen molar-refractivity contribution in [1.82, 2.24) is 4.98 Å². The molecule has 0 aliphatic heterocycles. The van der Waals surface area contributed by atoms with Crippen molar-refractivity contribution < 1.29 is 4.74 Å². The molecule has 1 aromatic heterocycles. The normalized spacial score (nSPS) is 15.4. The summed E-state index contributed by atoms with van der Waals surface area (Å²) in [6.45, 7) is 0. The number of ether oxygens (including phenoxy) is 1. The Balaban J connectivity index is 1.69. The number of aromatic nitrogens is 1.